The van der Waals surface area contributed by atoms with Crippen molar-refractivity contribution in [3.63, 3.8) is 0 Å². The topological polar surface area (TPSA) is 127 Å². The van der Waals surface area contributed by atoms with Gasteiger partial charge in [0.2, 0.25) is 0 Å². The fourth-order valence-corrected chi connectivity index (χ4v) is 2.39. The lowest BCUT2D eigenvalue weighted by Gasteiger charge is -2.02. The van der Waals surface area contributed by atoms with Gasteiger partial charge in [0.05, 0.1) is 29.0 Å². The predicted molar refractivity (Wildman–Crippen MR) is 94.4 cm³/mol. The Morgan fingerprint density at radius 1 is 1.38 bits per heavy atom. The third-order valence-corrected chi connectivity index (χ3v) is 3.63. The number of hydrogen-bond donors (Lipinski definition) is 2. The molecule has 2 aromatic rings. The molecule has 9 heteroatoms. The predicted octanol–water partition coefficient (Wildman–Crippen LogP) is 2.48. The Hall–Kier alpha value is -3.49. The van der Waals surface area contributed by atoms with Crippen molar-refractivity contribution in [1.82, 2.24) is 10.4 Å². The SMILES string of the molecule is CCOC(=O)c1c(C)[nH]c(/C=N/NC(=O)c2cccc([N+](=O)[O-])c2)c1C. The third kappa shape index (κ3) is 4.12. The highest BCUT2D eigenvalue weighted by molar-refractivity contribution is 5.97. The number of hydrogen-bond acceptors (Lipinski definition) is 6. The molecule has 0 aliphatic rings. The summed E-state index contributed by atoms with van der Waals surface area (Å²) in [6.07, 6.45) is 1.36. The second-order valence-corrected chi connectivity index (χ2v) is 5.39. The van der Waals surface area contributed by atoms with Gasteiger partial charge in [-0.15, -0.1) is 0 Å². The Bertz CT molecular complexity index is 885. The average Bonchev–Trinajstić information content (AvgIpc) is 2.89. The molecule has 1 aromatic carbocycles. The number of benzene rings is 1. The lowest BCUT2D eigenvalue weighted by atomic mass is 10.1. The highest BCUT2D eigenvalue weighted by Crippen LogP contribution is 2.18. The highest BCUT2D eigenvalue weighted by Gasteiger charge is 2.18. The smallest absolute Gasteiger partial charge is 0.340 e. The van der Waals surface area contributed by atoms with E-state index < -0.39 is 16.8 Å². The summed E-state index contributed by atoms with van der Waals surface area (Å²) in [5, 5.41) is 14.6. The molecule has 0 radical (unpaired) electrons. The number of rotatable bonds is 6. The van der Waals surface area contributed by atoms with Crippen molar-refractivity contribution in [2.75, 3.05) is 6.61 Å². The summed E-state index contributed by atoms with van der Waals surface area (Å²) in [6.45, 7) is 5.46. The molecule has 0 fully saturated rings. The molecule has 0 aliphatic heterocycles. The monoisotopic (exact) mass is 358 g/mol. The van der Waals surface area contributed by atoms with Gasteiger partial charge in [0.15, 0.2) is 0 Å². The van der Waals surface area contributed by atoms with Crippen molar-refractivity contribution in [1.29, 1.82) is 0 Å². The molecule has 0 bridgehead atoms. The van der Waals surface area contributed by atoms with Gasteiger partial charge in [-0.2, -0.15) is 5.10 Å². The fourth-order valence-electron chi connectivity index (χ4n) is 2.39. The molecule has 2 N–H and O–H groups in total. The quantitative estimate of drug-likeness (QED) is 0.355. The summed E-state index contributed by atoms with van der Waals surface area (Å²) < 4.78 is 5.01. The average molecular weight is 358 g/mol. The van der Waals surface area contributed by atoms with Crippen LogP contribution in [0.3, 0.4) is 0 Å². The number of aryl methyl sites for hydroxylation is 1. The van der Waals surface area contributed by atoms with Crippen LogP contribution in [0, 0.1) is 24.0 Å². The van der Waals surface area contributed by atoms with Gasteiger partial charge in [0.1, 0.15) is 0 Å². The third-order valence-electron chi connectivity index (χ3n) is 3.63. The fraction of sp³-hybridized carbons (Fsp3) is 0.235. The lowest BCUT2D eigenvalue weighted by molar-refractivity contribution is -0.384. The van der Waals surface area contributed by atoms with Crippen molar-refractivity contribution < 1.29 is 19.2 Å². The number of carbonyl (C=O) groups is 2. The van der Waals surface area contributed by atoms with Gasteiger partial charge >= 0.3 is 5.97 Å². The number of H-pyrrole nitrogens is 1. The van der Waals surface area contributed by atoms with E-state index in [1.165, 1.54) is 24.4 Å². The number of nitrogens with one attached hydrogen (secondary N) is 2. The van der Waals surface area contributed by atoms with Crippen molar-refractivity contribution in [3.05, 3.63) is 62.5 Å². The van der Waals surface area contributed by atoms with Gasteiger partial charge in [-0.05, 0) is 32.4 Å². The van der Waals surface area contributed by atoms with Gasteiger partial charge in [0.25, 0.3) is 11.6 Å². The van der Waals surface area contributed by atoms with E-state index in [1.54, 1.807) is 20.8 Å². The Labute approximate surface area is 149 Å². The number of nitro benzene ring substituents is 1. The molecule has 9 nitrogen and oxygen atoms in total. The van der Waals surface area contributed by atoms with Crippen LogP contribution in [0.15, 0.2) is 29.4 Å². The van der Waals surface area contributed by atoms with Crippen LogP contribution in [0.5, 0.6) is 0 Å². The molecule has 136 valence electrons. The largest absolute Gasteiger partial charge is 0.462 e. The standard InChI is InChI=1S/C17H18N4O5/c1-4-26-17(23)15-10(2)14(19-11(15)3)9-18-20-16(22)12-6-5-7-13(8-12)21(24)25/h5-9,19H,4H2,1-3H3,(H,20,22)/b18-9+. The van der Waals surface area contributed by atoms with E-state index in [-0.39, 0.29) is 17.9 Å². The van der Waals surface area contributed by atoms with E-state index in [1.807, 2.05) is 0 Å². The van der Waals surface area contributed by atoms with Crippen LogP contribution in [-0.4, -0.2) is 34.6 Å². The number of aromatic amines is 1. The number of amides is 1. The molecule has 0 aliphatic carbocycles. The maximum absolute atomic E-state index is 12.0. The second kappa shape index (κ2) is 8.06. The summed E-state index contributed by atoms with van der Waals surface area (Å²) in [6, 6.07) is 5.32. The van der Waals surface area contributed by atoms with Crippen LogP contribution in [0.25, 0.3) is 0 Å². The molecule has 1 heterocycles. The van der Waals surface area contributed by atoms with Crippen LogP contribution in [0.4, 0.5) is 5.69 Å². The van der Waals surface area contributed by atoms with Crippen LogP contribution in [0.2, 0.25) is 0 Å². The number of carbonyl (C=O) groups excluding carboxylic acids is 2. The van der Waals surface area contributed by atoms with Crippen molar-refractivity contribution >= 4 is 23.8 Å². The van der Waals surface area contributed by atoms with Gasteiger partial charge in [0, 0.05) is 23.4 Å². The number of ether oxygens (including phenoxy) is 1. The van der Waals surface area contributed by atoms with E-state index in [2.05, 4.69) is 15.5 Å². The van der Waals surface area contributed by atoms with E-state index >= 15 is 0 Å². The Morgan fingerprint density at radius 3 is 2.77 bits per heavy atom. The maximum atomic E-state index is 12.0. The first kappa shape index (κ1) is 18.8. The summed E-state index contributed by atoms with van der Waals surface area (Å²) in [5.41, 5.74) is 4.48. The minimum absolute atomic E-state index is 0.114. The van der Waals surface area contributed by atoms with Gasteiger partial charge in [-0.25, -0.2) is 10.2 Å². The molecular formula is C17H18N4O5. The molecule has 2 rings (SSSR count). The molecular weight excluding hydrogens is 340 g/mol. The highest BCUT2D eigenvalue weighted by atomic mass is 16.6. The normalized spacial score (nSPS) is 10.7. The first-order chi connectivity index (χ1) is 12.3. The van der Waals surface area contributed by atoms with Crippen LogP contribution < -0.4 is 5.43 Å². The zero-order valence-corrected chi connectivity index (χ0v) is 14.5. The number of non-ortho nitro benzene ring substituents is 1. The van der Waals surface area contributed by atoms with Crippen LogP contribution in [-0.2, 0) is 4.74 Å². The number of aromatic nitrogens is 1. The summed E-state index contributed by atoms with van der Waals surface area (Å²) >= 11 is 0. The molecule has 0 saturated carbocycles. The summed E-state index contributed by atoms with van der Waals surface area (Å²) in [7, 11) is 0. The van der Waals surface area contributed by atoms with Crippen LogP contribution >= 0.6 is 0 Å². The van der Waals surface area contributed by atoms with Gasteiger partial charge in [-0.3, -0.25) is 14.9 Å². The van der Waals surface area contributed by atoms with Crippen molar-refractivity contribution in [3.8, 4) is 0 Å². The van der Waals surface area contributed by atoms with E-state index in [9.17, 15) is 19.7 Å². The zero-order chi connectivity index (χ0) is 19.3. The first-order valence-corrected chi connectivity index (χ1v) is 7.79. The minimum atomic E-state index is -0.587. The molecule has 26 heavy (non-hydrogen) atoms. The number of esters is 1. The van der Waals surface area contributed by atoms with E-state index in [0.29, 0.717) is 22.5 Å². The van der Waals surface area contributed by atoms with Crippen molar-refractivity contribution in [2.45, 2.75) is 20.8 Å². The minimum Gasteiger partial charge on any atom is -0.462 e. The first-order valence-electron chi connectivity index (χ1n) is 7.79. The number of nitrogens with zero attached hydrogens (tertiary/aromatic N) is 2. The van der Waals surface area contributed by atoms with E-state index in [0.717, 1.165) is 6.07 Å². The summed E-state index contributed by atoms with van der Waals surface area (Å²) in [4.78, 5) is 37.1. The Kier molecular flexibility index (Phi) is 5.84. The molecule has 0 unspecified atom stereocenters. The zero-order valence-electron chi connectivity index (χ0n) is 14.5. The summed E-state index contributed by atoms with van der Waals surface area (Å²) in [5.74, 6) is -1.02. The maximum Gasteiger partial charge on any atom is 0.340 e. The van der Waals surface area contributed by atoms with Gasteiger partial charge < -0.3 is 9.72 Å². The van der Waals surface area contributed by atoms with Crippen LogP contribution in [0.1, 0.15) is 44.6 Å². The number of hydrazone groups is 1. The molecule has 0 spiro atoms. The Morgan fingerprint density at radius 2 is 2.12 bits per heavy atom. The van der Waals surface area contributed by atoms with Gasteiger partial charge in [-0.1, -0.05) is 6.07 Å². The lowest BCUT2D eigenvalue weighted by Crippen LogP contribution is -2.17. The second-order valence-electron chi connectivity index (χ2n) is 5.39. The Balaban J connectivity index is 2.12. The molecule has 1 amide bonds. The molecule has 1 aromatic heterocycles. The van der Waals surface area contributed by atoms with E-state index in [4.69, 9.17) is 4.74 Å². The molecule has 0 atom stereocenters. The number of nitro groups is 1. The molecule has 0 saturated heterocycles. The van der Waals surface area contributed by atoms with Crippen molar-refractivity contribution in [2.24, 2.45) is 5.10 Å².